The molecule has 8 nitrogen and oxygen atoms in total. The zero-order chi connectivity index (χ0) is 19.6. The van der Waals surface area contributed by atoms with Crippen LogP contribution in [0.25, 0.3) is 0 Å². The maximum Gasteiger partial charge on any atom is 0.329 e. The number of hydrogen-bond acceptors (Lipinski definition) is 7. The number of rotatable bonds is 5. The molecule has 0 unspecified atom stereocenters. The summed E-state index contributed by atoms with van der Waals surface area (Å²) >= 11 is 1.18. The smallest absolute Gasteiger partial charge is 0.329 e. The molecule has 3 atom stereocenters. The molecule has 0 spiro atoms. The molecule has 1 aromatic rings. The van der Waals surface area contributed by atoms with Crippen LogP contribution in [0.5, 0.6) is 0 Å². The van der Waals surface area contributed by atoms with Gasteiger partial charge in [-0.25, -0.2) is 4.79 Å². The van der Waals surface area contributed by atoms with E-state index in [9.17, 15) is 19.2 Å². The lowest BCUT2D eigenvalue weighted by Gasteiger charge is -2.21. The van der Waals surface area contributed by atoms with E-state index in [-0.39, 0.29) is 11.8 Å². The Bertz CT molecular complexity index is 843. The molecule has 0 radical (unpaired) electrons. The van der Waals surface area contributed by atoms with Crippen LogP contribution in [-0.4, -0.2) is 41.2 Å². The molecule has 0 bridgehead atoms. The van der Waals surface area contributed by atoms with Gasteiger partial charge in [0.15, 0.2) is 6.61 Å². The fourth-order valence-corrected chi connectivity index (χ4v) is 3.98. The van der Waals surface area contributed by atoms with Crippen LogP contribution in [0.4, 0.5) is 5.00 Å². The van der Waals surface area contributed by atoms with E-state index in [0.717, 1.165) is 4.90 Å². The number of esters is 1. The number of nitrogens with one attached hydrogen (secondary N) is 1. The number of thiophene rings is 1. The van der Waals surface area contributed by atoms with Gasteiger partial charge in [-0.1, -0.05) is 12.2 Å². The summed E-state index contributed by atoms with van der Waals surface area (Å²) in [5, 5.41) is 13.4. The van der Waals surface area contributed by atoms with Crippen molar-refractivity contribution in [2.24, 2.45) is 11.8 Å². The van der Waals surface area contributed by atoms with Crippen LogP contribution < -0.4 is 5.32 Å². The highest BCUT2D eigenvalue weighted by atomic mass is 32.1. The number of anilines is 1. The fourth-order valence-electron chi connectivity index (χ4n) is 3.23. The molecule has 140 valence electrons. The van der Waals surface area contributed by atoms with Crippen molar-refractivity contribution in [2.45, 2.75) is 25.8 Å². The van der Waals surface area contributed by atoms with Gasteiger partial charge in [-0.05, 0) is 31.2 Å². The number of imide groups is 1. The van der Waals surface area contributed by atoms with E-state index in [1.807, 2.05) is 18.2 Å². The second-order valence-corrected chi connectivity index (χ2v) is 7.23. The van der Waals surface area contributed by atoms with Gasteiger partial charge in [0.25, 0.3) is 5.91 Å². The first-order valence-electron chi connectivity index (χ1n) is 8.40. The minimum absolute atomic E-state index is 0.317. The normalized spacial score (nSPS) is 22.1. The summed E-state index contributed by atoms with van der Waals surface area (Å²) in [5.74, 6) is -3.04. The van der Waals surface area contributed by atoms with Crippen LogP contribution in [0.2, 0.25) is 0 Å². The predicted molar refractivity (Wildman–Crippen MR) is 95.3 cm³/mol. The highest BCUT2D eigenvalue weighted by Gasteiger charge is 2.50. The molecule has 1 saturated heterocycles. The van der Waals surface area contributed by atoms with E-state index >= 15 is 0 Å². The Morgan fingerprint density at radius 3 is 2.56 bits per heavy atom. The van der Waals surface area contributed by atoms with Gasteiger partial charge in [-0.3, -0.25) is 19.3 Å². The van der Waals surface area contributed by atoms with E-state index in [2.05, 4.69) is 5.32 Å². The van der Waals surface area contributed by atoms with Crippen molar-refractivity contribution in [2.75, 3.05) is 11.9 Å². The van der Waals surface area contributed by atoms with Gasteiger partial charge in [0.05, 0.1) is 17.4 Å². The highest BCUT2D eigenvalue weighted by Crippen LogP contribution is 2.36. The second kappa shape index (κ2) is 7.72. The highest BCUT2D eigenvalue weighted by molar-refractivity contribution is 7.14. The SMILES string of the molecule is C[C@@H](C(=O)OCC(=O)Nc1sccc1C#N)N1C(=O)[C@@H]2CC=CC[C@H]2C1=O. The van der Waals surface area contributed by atoms with Gasteiger partial charge in [0.1, 0.15) is 17.1 Å². The molecule has 27 heavy (non-hydrogen) atoms. The zero-order valence-electron chi connectivity index (χ0n) is 14.5. The maximum absolute atomic E-state index is 12.5. The quantitative estimate of drug-likeness (QED) is 0.464. The minimum Gasteiger partial charge on any atom is -0.454 e. The van der Waals surface area contributed by atoms with Crippen LogP contribution >= 0.6 is 11.3 Å². The number of nitrogens with zero attached hydrogens (tertiary/aromatic N) is 2. The standard InChI is InChI=1S/C18H17N3O5S/c1-10(21-16(23)12-4-2-3-5-13(12)17(21)24)18(25)26-9-14(22)20-15-11(8-19)6-7-27-15/h2-3,6-7,10,12-13H,4-5,9H2,1H3,(H,20,22)/t10-,12+,13+/m0/s1. The Morgan fingerprint density at radius 1 is 1.33 bits per heavy atom. The van der Waals surface area contributed by atoms with Gasteiger partial charge in [-0.2, -0.15) is 5.26 Å². The lowest BCUT2D eigenvalue weighted by atomic mass is 9.85. The lowest BCUT2D eigenvalue weighted by molar-refractivity contribution is -0.159. The molecule has 3 amide bonds. The van der Waals surface area contributed by atoms with Crippen LogP contribution in [-0.2, 0) is 23.9 Å². The molecule has 2 heterocycles. The number of allylic oxidation sites excluding steroid dienone is 2. The number of carbonyl (C=O) groups is 4. The second-order valence-electron chi connectivity index (χ2n) is 6.31. The third kappa shape index (κ3) is 3.61. The van der Waals surface area contributed by atoms with Gasteiger partial charge in [0, 0.05) is 0 Å². The van der Waals surface area contributed by atoms with E-state index < -0.39 is 36.4 Å². The average Bonchev–Trinajstić information content (AvgIpc) is 3.22. The zero-order valence-corrected chi connectivity index (χ0v) is 15.3. The van der Waals surface area contributed by atoms with Crippen molar-refractivity contribution >= 4 is 40.0 Å². The van der Waals surface area contributed by atoms with Crippen molar-refractivity contribution in [3.8, 4) is 6.07 Å². The summed E-state index contributed by atoms with van der Waals surface area (Å²) in [7, 11) is 0. The lowest BCUT2D eigenvalue weighted by Crippen LogP contribution is -2.45. The summed E-state index contributed by atoms with van der Waals surface area (Å²) in [6, 6.07) is 2.40. The molecule has 3 rings (SSSR count). The Morgan fingerprint density at radius 2 is 1.96 bits per heavy atom. The van der Waals surface area contributed by atoms with E-state index in [0.29, 0.717) is 23.4 Å². The number of nitriles is 1. The number of ether oxygens (including phenoxy) is 1. The molecule has 0 aromatic carbocycles. The molecule has 1 fully saturated rings. The Balaban J connectivity index is 1.56. The van der Waals surface area contributed by atoms with Crippen LogP contribution in [0.1, 0.15) is 25.3 Å². The number of amides is 3. The van der Waals surface area contributed by atoms with E-state index in [4.69, 9.17) is 10.00 Å². The first-order chi connectivity index (χ1) is 12.9. The van der Waals surface area contributed by atoms with Gasteiger partial charge in [-0.15, -0.1) is 11.3 Å². The molecule has 1 aromatic heterocycles. The number of likely N-dealkylation sites (tertiary alicyclic amines) is 1. The molecule has 1 N–H and O–H groups in total. The summed E-state index contributed by atoms with van der Waals surface area (Å²) in [4.78, 5) is 50.1. The topological polar surface area (TPSA) is 117 Å². The van der Waals surface area contributed by atoms with Gasteiger partial charge >= 0.3 is 5.97 Å². The molecule has 1 aliphatic heterocycles. The summed E-state index contributed by atoms with van der Waals surface area (Å²) in [6.07, 6.45) is 4.70. The largest absolute Gasteiger partial charge is 0.454 e. The monoisotopic (exact) mass is 387 g/mol. The molecule has 1 aliphatic carbocycles. The number of fused-ring (bicyclic) bond motifs is 1. The first-order valence-corrected chi connectivity index (χ1v) is 9.28. The van der Waals surface area contributed by atoms with Crippen molar-refractivity contribution < 1.29 is 23.9 Å². The van der Waals surface area contributed by atoms with Gasteiger partial charge < -0.3 is 10.1 Å². The Labute approximate surface area is 159 Å². The van der Waals surface area contributed by atoms with Crippen molar-refractivity contribution in [3.05, 3.63) is 29.2 Å². The maximum atomic E-state index is 12.5. The summed E-state index contributed by atoms with van der Waals surface area (Å²) in [5.41, 5.74) is 0.317. The van der Waals surface area contributed by atoms with E-state index in [1.165, 1.54) is 18.3 Å². The van der Waals surface area contributed by atoms with Crippen molar-refractivity contribution in [1.29, 1.82) is 5.26 Å². The molecule has 2 aliphatic rings. The van der Waals surface area contributed by atoms with Crippen molar-refractivity contribution in [1.82, 2.24) is 4.90 Å². The predicted octanol–water partition coefficient (Wildman–Crippen LogP) is 1.44. The Hall–Kier alpha value is -2.99. The summed E-state index contributed by atoms with van der Waals surface area (Å²) in [6.45, 7) is 0.838. The third-order valence-electron chi connectivity index (χ3n) is 4.65. The molecular formula is C18H17N3O5S. The van der Waals surface area contributed by atoms with Gasteiger partial charge in [0.2, 0.25) is 11.8 Å². The molecule has 9 heteroatoms. The fraction of sp³-hybridized carbons (Fsp3) is 0.389. The average molecular weight is 387 g/mol. The number of hydrogen-bond donors (Lipinski definition) is 1. The van der Waals surface area contributed by atoms with Crippen LogP contribution in [0.15, 0.2) is 23.6 Å². The van der Waals surface area contributed by atoms with E-state index in [1.54, 1.807) is 11.4 Å². The Kier molecular flexibility index (Phi) is 5.37. The van der Waals surface area contributed by atoms with Crippen LogP contribution in [0.3, 0.4) is 0 Å². The minimum atomic E-state index is -1.10. The molecule has 0 saturated carbocycles. The number of carbonyl (C=O) groups excluding carboxylic acids is 4. The third-order valence-corrected chi connectivity index (χ3v) is 5.48. The molecular weight excluding hydrogens is 370 g/mol. The van der Waals surface area contributed by atoms with Crippen LogP contribution in [0, 0.1) is 23.2 Å². The first kappa shape index (κ1) is 18.8. The summed E-state index contributed by atoms with van der Waals surface area (Å²) < 4.78 is 4.96. The van der Waals surface area contributed by atoms with Crippen molar-refractivity contribution in [3.63, 3.8) is 0 Å².